The molecule has 1 aromatic rings. The predicted octanol–water partition coefficient (Wildman–Crippen LogP) is 0.908. The Labute approximate surface area is 109 Å². The van der Waals surface area contributed by atoms with Crippen LogP contribution in [0.4, 0.5) is 0 Å². The summed E-state index contributed by atoms with van der Waals surface area (Å²) >= 11 is 5.83. The number of hydrogen-bond donors (Lipinski definition) is 1. The summed E-state index contributed by atoms with van der Waals surface area (Å²) in [6.07, 6.45) is 3.09. The van der Waals surface area contributed by atoms with E-state index in [2.05, 4.69) is 9.88 Å². The van der Waals surface area contributed by atoms with E-state index >= 15 is 0 Å². The maximum atomic E-state index is 12.2. The summed E-state index contributed by atoms with van der Waals surface area (Å²) in [5.41, 5.74) is -0.204. The summed E-state index contributed by atoms with van der Waals surface area (Å²) in [6, 6.07) is 0.337. The van der Waals surface area contributed by atoms with Crippen LogP contribution in [0.25, 0.3) is 0 Å². The first kappa shape index (κ1) is 12.0. The molecule has 2 fully saturated rings. The Hall–Kier alpha value is -1.07. The Balaban J connectivity index is 2.10. The van der Waals surface area contributed by atoms with Crippen molar-refractivity contribution in [3.05, 3.63) is 31.6 Å². The smallest absolute Gasteiger partial charge is 0.298 e. The maximum absolute atomic E-state index is 12.2. The van der Waals surface area contributed by atoms with Gasteiger partial charge in [0.05, 0.1) is 6.04 Å². The van der Waals surface area contributed by atoms with Gasteiger partial charge in [0.1, 0.15) is 5.15 Å². The lowest BCUT2D eigenvalue weighted by molar-refractivity contribution is 0.284. The second-order valence-corrected chi connectivity index (χ2v) is 5.52. The molecule has 0 bridgehead atoms. The van der Waals surface area contributed by atoms with Crippen molar-refractivity contribution in [2.75, 3.05) is 13.1 Å². The Bertz CT molecular complexity index is 592. The van der Waals surface area contributed by atoms with Gasteiger partial charge in [-0.25, -0.2) is 4.79 Å². The first-order valence-corrected chi connectivity index (χ1v) is 6.72. The predicted molar refractivity (Wildman–Crippen MR) is 69.3 cm³/mol. The van der Waals surface area contributed by atoms with Crippen LogP contribution in [0.2, 0.25) is 5.15 Å². The molecular weight excluding hydrogens is 254 g/mol. The third-order valence-corrected chi connectivity index (χ3v) is 4.58. The topological polar surface area (TPSA) is 58.1 Å². The molecule has 0 aliphatic carbocycles. The molecule has 2 saturated heterocycles. The van der Waals surface area contributed by atoms with E-state index in [-0.39, 0.29) is 22.4 Å². The van der Waals surface area contributed by atoms with Crippen molar-refractivity contribution in [2.24, 2.45) is 0 Å². The van der Waals surface area contributed by atoms with Crippen molar-refractivity contribution in [1.82, 2.24) is 14.5 Å². The second-order valence-electron chi connectivity index (χ2n) is 5.15. The molecule has 1 N–H and O–H groups in total. The van der Waals surface area contributed by atoms with Crippen LogP contribution in [0.15, 0.2) is 9.59 Å². The molecule has 6 heteroatoms. The molecule has 3 rings (SSSR count). The Morgan fingerprint density at radius 2 is 2.00 bits per heavy atom. The quantitative estimate of drug-likeness (QED) is 0.771. The zero-order valence-electron chi connectivity index (χ0n) is 10.3. The van der Waals surface area contributed by atoms with Crippen molar-refractivity contribution in [3.63, 3.8) is 0 Å². The number of fused-ring (bicyclic) bond motifs is 1. The molecule has 2 unspecified atom stereocenters. The van der Waals surface area contributed by atoms with Gasteiger partial charge in [0, 0.05) is 18.2 Å². The minimum absolute atomic E-state index is 0.000262. The minimum atomic E-state index is -0.380. The van der Waals surface area contributed by atoms with E-state index in [0.29, 0.717) is 11.6 Å². The fraction of sp³-hybridized carbons (Fsp3) is 0.667. The maximum Gasteiger partial charge on any atom is 0.329 e. The van der Waals surface area contributed by atoms with Crippen molar-refractivity contribution in [3.8, 4) is 0 Å². The first-order chi connectivity index (χ1) is 8.59. The summed E-state index contributed by atoms with van der Waals surface area (Å²) < 4.78 is 1.37. The van der Waals surface area contributed by atoms with Crippen LogP contribution in [0.1, 0.15) is 30.9 Å². The monoisotopic (exact) mass is 269 g/mol. The fourth-order valence-corrected chi connectivity index (χ4v) is 3.43. The molecule has 0 spiro atoms. The Morgan fingerprint density at radius 3 is 2.78 bits per heavy atom. The molecule has 0 amide bonds. The standard InChI is InChI=1S/C12H16ClN3O2/c1-7-10(13)14-12(18)16(11(7)17)9-4-6-15-5-2-3-8(9)15/h8-9H,2-6H2,1H3,(H,14,18). The molecule has 0 radical (unpaired) electrons. The van der Waals surface area contributed by atoms with Crippen molar-refractivity contribution >= 4 is 11.6 Å². The average Bonchev–Trinajstić information content (AvgIpc) is 2.90. The van der Waals surface area contributed by atoms with Crippen molar-refractivity contribution < 1.29 is 0 Å². The molecule has 0 saturated carbocycles. The number of H-pyrrole nitrogens is 1. The van der Waals surface area contributed by atoms with Gasteiger partial charge in [-0.1, -0.05) is 11.6 Å². The van der Waals surface area contributed by atoms with Crippen molar-refractivity contribution in [2.45, 2.75) is 38.3 Å². The molecular formula is C12H16ClN3O2. The molecule has 1 aromatic heterocycles. The SMILES string of the molecule is Cc1c(Cl)[nH]c(=O)n(C2CCN3CCCC23)c1=O. The third-order valence-electron chi connectivity index (χ3n) is 4.21. The lowest BCUT2D eigenvalue weighted by atomic mass is 10.1. The second kappa shape index (κ2) is 4.24. The lowest BCUT2D eigenvalue weighted by Crippen LogP contribution is -2.42. The van der Waals surface area contributed by atoms with Crippen LogP contribution in [-0.2, 0) is 0 Å². The molecule has 2 aliphatic rings. The number of aromatic amines is 1. The van der Waals surface area contributed by atoms with E-state index < -0.39 is 0 Å². The van der Waals surface area contributed by atoms with Gasteiger partial charge in [0.15, 0.2) is 0 Å². The van der Waals surface area contributed by atoms with Gasteiger partial charge in [-0.2, -0.15) is 0 Å². The van der Waals surface area contributed by atoms with Crippen LogP contribution in [-0.4, -0.2) is 33.6 Å². The summed E-state index contributed by atoms with van der Waals surface area (Å²) in [6.45, 7) is 3.71. The Kier molecular flexibility index (Phi) is 2.83. The van der Waals surface area contributed by atoms with Gasteiger partial charge in [-0.05, 0) is 32.7 Å². The molecule has 2 aliphatic heterocycles. The van der Waals surface area contributed by atoms with E-state index in [4.69, 9.17) is 11.6 Å². The van der Waals surface area contributed by atoms with E-state index in [9.17, 15) is 9.59 Å². The normalized spacial score (nSPS) is 27.7. The lowest BCUT2D eigenvalue weighted by Gasteiger charge is -2.21. The van der Waals surface area contributed by atoms with Gasteiger partial charge >= 0.3 is 5.69 Å². The minimum Gasteiger partial charge on any atom is -0.298 e. The van der Waals surface area contributed by atoms with Gasteiger partial charge in [0.25, 0.3) is 5.56 Å². The highest BCUT2D eigenvalue weighted by Gasteiger charge is 2.39. The number of rotatable bonds is 1. The van der Waals surface area contributed by atoms with E-state index in [1.807, 2.05) is 0 Å². The van der Waals surface area contributed by atoms with Gasteiger partial charge in [-0.15, -0.1) is 0 Å². The fourth-order valence-electron chi connectivity index (χ4n) is 3.27. The number of halogens is 1. The first-order valence-electron chi connectivity index (χ1n) is 6.34. The molecule has 0 aromatic carbocycles. The van der Waals surface area contributed by atoms with Gasteiger partial charge in [-0.3, -0.25) is 19.2 Å². The van der Waals surface area contributed by atoms with Crippen LogP contribution >= 0.6 is 11.6 Å². The highest BCUT2D eigenvalue weighted by atomic mass is 35.5. The zero-order valence-corrected chi connectivity index (χ0v) is 11.0. The summed E-state index contributed by atoms with van der Waals surface area (Å²) in [5, 5.41) is 0.155. The molecule has 18 heavy (non-hydrogen) atoms. The number of hydrogen-bond acceptors (Lipinski definition) is 3. The van der Waals surface area contributed by atoms with Crippen LogP contribution in [0.3, 0.4) is 0 Å². The molecule has 3 heterocycles. The highest BCUT2D eigenvalue weighted by Crippen LogP contribution is 2.34. The third kappa shape index (κ3) is 1.65. The largest absolute Gasteiger partial charge is 0.329 e. The van der Waals surface area contributed by atoms with Gasteiger partial charge < -0.3 is 0 Å². The number of aromatic nitrogens is 2. The molecule has 98 valence electrons. The zero-order chi connectivity index (χ0) is 12.9. The van der Waals surface area contributed by atoms with E-state index in [1.54, 1.807) is 6.92 Å². The van der Waals surface area contributed by atoms with E-state index in [1.165, 1.54) is 4.57 Å². The van der Waals surface area contributed by atoms with Crippen LogP contribution < -0.4 is 11.2 Å². The average molecular weight is 270 g/mol. The van der Waals surface area contributed by atoms with Gasteiger partial charge in [0.2, 0.25) is 0 Å². The van der Waals surface area contributed by atoms with Crippen LogP contribution in [0.5, 0.6) is 0 Å². The number of nitrogens with one attached hydrogen (secondary N) is 1. The highest BCUT2D eigenvalue weighted by molar-refractivity contribution is 6.30. The van der Waals surface area contributed by atoms with Crippen molar-refractivity contribution in [1.29, 1.82) is 0 Å². The summed E-state index contributed by atoms with van der Waals surface area (Å²) in [4.78, 5) is 29.2. The summed E-state index contributed by atoms with van der Waals surface area (Å²) in [7, 11) is 0. The van der Waals surface area contributed by atoms with Crippen LogP contribution in [0, 0.1) is 6.92 Å². The molecule has 2 atom stereocenters. The van der Waals surface area contributed by atoms with E-state index in [0.717, 1.165) is 32.4 Å². The molecule has 5 nitrogen and oxygen atoms in total. The summed E-state index contributed by atoms with van der Waals surface area (Å²) in [5.74, 6) is 0. The number of nitrogens with zero attached hydrogens (tertiary/aromatic N) is 2. The Morgan fingerprint density at radius 1 is 1.22 bits per heavy atom.